The number of rotatable bonds is 6. The van der Waals surface area contributed by atoms with Gasteiger partial charge in [0.15, 0.2) is 0 Å². The first-order valence-corrected chi connectivity index (χ1v) is 6.87. The van der Waals surface area contributed by atoms with E-state index >= 15 is 0 Å². The summed E-state index contributed by atoms with van der Waals surface area (Å²) in [7, 11) is 0. The summed E-state index contributed by atoms with van der Waals surface area (Å²) in [4.78, 5) is 13.6. The number of hydrogen-bond donors (Lipinski definition) is 0. The lowest BCUT2D eigenvalue weighted by molar-refractivity contribution is -0.107. The summed E-state index contributed by atoms with van der Waals surface area (Å²) in [5.41, 5.74) is 0. The molecule has 16 heavy (non-hydrogen) atoms. The molecule has 1 rings (SSSR count). The van der Waals surface area contributed by atoms with E-state index < -0.39 is 0 Å². The van der Waals surface area contributed by atoms with Crippen LogP contribution in [0.25, 0.3) is 0 Å². The molecule has 1 aliphatic heterocycles. The topological polar surface area (TPSA) is 29.5 Å². The third-order valence-electron chi connectivity index (χ3n) is 2.77. The second-order valence-corrected chi connectivity index (χ2v) is 4.95. The minimum absolute atomic E-state index is 0.0781. The van der Waals surface area contributed by atoms with Crippen LogP contribution in [0.5, 0.6) is 0 Å². The Hall–Kier alpha value is -0.320. The fourth-order valence-electron chi connectivity index (χ4n) is 1.88. The van der Waals surface area contributed by atoms with Gasteiger partial charge in [-0.15, -0.1) is 0 Å². The standard InChI is InChI=1S/C12H21NO2S/c1-3-5-11(10-16-12(14)4-2)13-6-8-15-9-7-13/h4,11H,2-3,5-10H2,1H3. The zero-order valence-electron chi connectivity index (χ0n) is 9.98. The molecule has 1 unspecified atom stereocenters. The lowest BCUT2D eigenvalue weighted by atomic mass is 10.1. The van der Waals surface area contributed by atoms with E-state index in [1.807, 2.05) is 0 Å². The Kier molecular flexibility index (Phi) is 6.76. The number of thioether (sulfide) groups is 1. The van der Waals surface area contributed by atoms with Crippen LogP contribution < -0.4 is 0 Å². The summed E-state index contributed by atoms with van der Waals surface area (Å²) < 4.78 is 5.34. The zero-order valence-corrected chi connectivity index (χ0v) is 10.8. The fraction of sp³-hybridized carbons (Fsp3) is 0.750. The predicted octanol–water partition coefficient (Wildman–Crippen LogP) is 1.93. The Morgan fingerprint density at radius 2 is 2.25 bits per heavy atom. The van der Waals surface area contributed by atoms with Crippen molar-refractivity contribution in [1.82, 2.24) is 4.90 Å². The Labute approximate surface area is 102 Å². The van der Waals surface area contributed by atoms with Crippen LogP contribution in [0.15, 0.2) is 12.7 Å². The maximum absolute atomic E-state index is 11.2. The molecule has 0 amide bonds. The van der Waals surface area contributed by atoms with Gasteiger partial charge in [0.25, 0.3) is 0 Å². The lowest BCUT2D eigenvalue weighted by Gasteiger charge is -2.34. The largest absolute Gasteiger partial charge is 0.379 e. The van der Waals surface area contributed by atoms with Crippen molar-refractivity contribution >= 4 is 16.9 Å². The van der Waals surface area contributed by atoms with E-state index in [0.717, 1.165) is 44.9 Å². The molecule has 1 heterocycles. The number of carbonyl (C=O) groups is 1. The summed E-state index contributed by atoms with van der Waals surface area (Å²) in [6.45, 7) is 9.31. The van der Waals surface area contributed by atoms with Crippen LogP contribution in [0.3, 0.4) is 0 Å². The second kappa shape index (κ2) is 7.87. The molecule has 0 aliphatic carbocycles. The SMILES string of the molecule is C=CC(=O)SCC(CCC)N1CCOCC1. The number of nitrogens with zero attached hydrogens (tertiary/aromatic N) is 1. The van der Waals surface area contributed by atoms with Crippen LogP contribution in [0.2, 0.25) is 0 Å². The first-order valence-electron chi connectivity index (χ1n) is 5.89. The molecule has 4 heteroatoms. The molecule has 1 fully saturated rings. The molecule has 1 aliphatic rings. The van der Waals surface area contributed by atoms with E-state index in [0.29, 0.717) is 6.04 Å². The first kappa shape index (κ1) is 13.7. The predicted molar refractivity (Wildman–Crippen MR) is 68.8 cm³/mol. The van der Waals surface area contributed by atoms with Gasteiger partial charge in [-0.05, 0) is 12.5 Å². The van der Waals surface area contributed by atoms with E-state index in [1.54, 1.807) is 0 Å². The summed E-state index contributed by atoms with van der Waals surface area (Å²) in [5.74, 6) is 0.874. The quantitative estimate of drug-likeness (QED) is 0.667. The van der Waals surface area contributed by atoms with Gasteiger partial charge in [0.2, 0.25) is 5.12 Å². The summed E-state index contributed by atoms with van der Waals surface area (Å²) in [6.07, 6.45) is 3.70. The van der Waals surface area contributed by atoms with Crippen LogP contribution in [0.4, 0.5) is 0 Å². The van der Waals surface area contributed by atoms with Crippen molar-refractivity contribution in [2.24, 2.45) is 0 Å². The fourth-order valence-corrected chi connectivity index (χ4v) is 2.74. The molecule has 0 aromatic carbocycles. The van der Waals surface area contributed by atoms with Gasteiger partial charge >= 0.3 is 0 Å². The van der Waals surface area contributed by atoms with Gasteiger partial charge in [0.1, 0.15) is 0 Å². The molecule has 0 N–H and O–H groups in total. The highest BCUT2D eigenvalue weighted by Crippen LogP contribution is 2.16. The van der Waals surface area contributed by atoms with Crippen LogP contribution in [-0.4, -0.2) is 48.1 Å². The minimum Gasteiger partial charge on any atom is -0.379 e. The van der Waals surface area contributed by atoms with Gasteiger partial charge < -0.3 is 4.74 Å². The molecule has 3 nitrogen and oxygen atoms in total. The van der Waals surface area contributed by atoms with Crippen molar-refractivity contribution in [2.75, 3.05) is 32.1 Å². The van der Waals surface area contributed by atoms with Crippen LogP contribution in [0, 0.1) is 0 Å². The highest BCUT2D eigenvalue weighted by atomic mass is 32.2. The summed E-state index contributed by atoms with van der Waals surface area (Å²) in [6, 6.07) is 0.503. The van der Waals surface area contributed by atoms with E-state index in [1.165, 1.54) is 17.8 Å². The number of hydrogen-bond acceptors (Lipinski definition) is 4. The Morgan fingerprint density at radius 1 is 1.56 bits per heavy atom. The monoisotopic (exact) mass is 243 g/mol. The van der Waals surface area contributed by atoms with Gasteiger partial charge in [-0.2, -0.15) is 0 Å². The van der Waals surface area contributed by atoms with Gasteiger partial charge in [-0.25, -0.2) is 0 Å². The molecular weight excluding hydrogens is 222 g/mol. The molecule has 1 saturated heterocycles. The van der Waals surface area contributed by atoms with Crippen LogP contribution in [-0.2, 0) is 9.53 Å². The minimum atomic E-state index is 0.0781. The normalized spacial score (nSPS) is 19.3. The zero-order chi connectivity index (χ0) is 11.8. The van der Waals surface area contributed by atoms with E-state index in [9.17, 15) is 4.79 Å². The van der Waals surface area contributed by atoms with Gasteiger partial charge in [0.05, 0.1) is 13.2 Å². The van der Waals surface area contributed by atoms with Crippen molar-refractivity contribution in [3.63, 3.8) is 0 Å². The number of morpholine rings is 1. The van der Waals surface area contributed by atoms with Crippen molar-refractivity contribution in [2.45, 2.75) is 25.8 Å². The summed E-state index contributed by atoms with van der Waals surface area (Å²) in [5, 5.41) is 0.0781. The average molecular weight is 243 g/mol. The van der Waals surface area contributed by atoms with E-state index in [2.05, 4.69) is 18.4 Å². The molecule has 0 radical (unpaired) electrons. The van der Waals surface area contributed by atoms with Crippen molar-refractivity contribution in [3.8, 4) is 0 Å². The van der Waals surface area contributed by atoms with Gasteiger partial charge in [-0.1, -0.05) is 31.7 Å². The molecule has 0 spiro atoms. The maximum Gasteiger partial charge on any atom is 0.211 e. The van der Waals surface area contributed by atoms with E-state index in [4.69, 9.17) is 4.74 Å². The van der Waals surface area contributed by atoms with Gasteiger partial charge in [-0.3, -0.25) is 9.69 Å². The van der Waals surface area contributed by atoms with E-state index in [-0.39, 0.29) is 5.12 Å². The third kappa shape index (κ3) is 4.68. The van der Waals surface area contributed by atoms with Crippen LogP contribution in [0.1, 0.15) is 19.8 Å². The molecule has 0 bridgehead atoms. The Balaban J connectivity index is 2.38. The number of carbonyl (C=O) groups excluding carboxylic acids is 1. The molecule has 0 saturated carbocycles. The highest BCUT2D eigenvalue weighted by Gasteiger charge is 2.20. The smallest absolute Gasteiger partial charge is 0.211 e. The van der Waals surface area contributed by atoms with Crippen LogP contribution >= 0.6 is 11.8 Å². The summed E-state index contributed by atoms with van der Waals surface area (Å²) >= 11 is 1.38. The molecule has 0 aromatic heterocycles. The Morgan fingerprint density at radius 3 is 2.81 bits per heavy atom. The maximum atomic E-state index is 11.2. The molecule has 92 valence electrons. The molecular formula is C12H21NO2S. The van der Waals surface area contributed by atoms with Crippen molar-refractivity contribution in [1.29, 1.82) is 0 Å². The van der Waals surface area contributed by atoms with Crippen molar-refractivity contribution < 1.29 is 9.53 Å². The van der Waals surface area contributed by atoms with Gasteiger partial charge in [0, 0.05) is 24.9 Å². The lowest BCUT2D eigenvalue weighted by Crippen LogP contribution is -2.44. The Bertz CT molecular complexity index is 227. The second-order valence-electron chi connectivity index (χ2n) is 3.93. The third-order valence-corrected chi connectivity index (χ3v) is 3.77. The number of ether oxygens (including phenoxy) is 1. The first-order chi connectivity index (χ1) is 7.77. The average Bonchev–Trinajstić information content (AvgIpc) is 2.35. The molecule has 1 atom stereocenters. The highest BCUT2D eigenvalue weighted by molar-refractivity contribution is 8.14. The molecule has 0 aromatic rings. The van der Waals surface area contributed by atoms with Crippen molar-refractivity contribution in [3.05, 3.63) is 12.7 Å².